The molecule has 0 bridgehead atoms. The second kappa shape index (κ2) is 7.07. The number of halogens is 1. The van der Waals surface area contributed by atoms with Crippen LogP contribution in [0.5, 0.6) is 5.75 Å². The lowest BCUT2D eigenvalue weighted by atomic mass is 9.81. The van der Waals surface area contributed by atoms with E-state index in [1.54, 1.807) is 0 Å². The van der Waals surface area contributed by atoms with Crippen molar-refractivity contribution in [3.05, 3.63) is 29.6 Å². The minimum absolute atomic E-state index is 0.0189. The van der Waals surface area contributed by atoms with Crippen LogP contribution in [0.4, 0.5) is 4.39 Å². The number of aromatic hydroxyl groups is 1. The molecule has 1 aromatic carbocycles. The summed E-state index contributed by atoms with van der Waals surface area (Å²) < 4.78 is 13.2. The van der Waals surface area contributed by atoms with Crippen LogP contribution in [0.2, 0.25) is 0 Å². The largest absolute Gasteiger partial charge is 0.508 e. The van der Waals surface area contributed by atoms with Crippen LogP contribution in [-0.2, 0) is 0 Å². The third kappa shape index (κ3) is 3.95. The zero-order valence-corrected chi connectivity index (χ0v) is 12.5. The quantitative estimate of drug-likeness (QED) is 0.837. The van der Waals surface area contributed by atoms with Gasteiger partial charge in [0.1, 0.15) is 11.6 Å². The fourth-order valence-electron chi connectivity index (χ4n) is 3.17. The molecule has 0 saturated heterocycles. The van der Waals surface area contributed by atoms with Crippen LogP contribution >= 0.6 is 0 Å². The molecule has 1 aliphatic carbocycles. The lowest BCUT2D eigenvalue weighted by Crippen LogP contribution is -2.28. The first-order valence-electron chi connectivity index (χ1n) is 7.82. The highest BCUT2D eigenvalue weighted by atomic mass is 19.1. The van der Waals surface area contributed by atoms with Gasteiger partial charge in [-0.3, -0.25) is 0 Å². The maximum absolute atomic E-state index is 13.2. The molecule has 0 spiro atoms. The van der Waals surface area contributed by atoms with Gasteiger partial charge in [-0.05, 0) is 56.3 Å². The van der Waals surface area contributed by atoms with E-state index in [0.29, 0.717) is 5.56 Å². The third-order valence-corrected chi connectivity index (χ3v) is 4.71. The highest BCUT2D eigenvalue weighted by Gasteiger charge is 2.20. The number of phenolic OH excluding ortho intramolecular Hbond substituents is 1. The topological polar surface area (TPSA) is 32.3 Å². The van der Waals surface area contributed by atoms with E-state index in [1.807, 2.05) is 6.92 Å². The Morgan fingerprint density at radius 1 is 1.25 bits per heavy atom. The first kappa shape index (κ1) is 15.3. The molecule has 3 heteroatoms. The highest BCUT2D eigenvalue weighted by molar-refractivity contribution is 5.34. The molecule has 1 saturated carbocycles. The van der Waals surface area contributed by atoms with Crippen molar-refractivity contribution in [1.82, 2.24) is 5.32 Å². The molecular formula is C17H26FNO. The summed E-state index contributed by atoms with van der Waals surface area (Å²) in [6.45, 7) is 5.21. The first-order chi connectivity index (χ1) is 9.60. The van der Waals surface area contributed by atoms with Crippen LogP contribution in [-0.4, -0.2) is 11.7 Å². The van der Waals surface area contributed by atoms with Gasteiger partial charge in [-0.15, -0.1) is 0 Å². The van der Waals surface area contributed by atoms with Gasteiger partial charge in [0, 0.05) is 11.6 Å². The Labute approximate surface area is 121 Å². The van der Waals surface area contributed by atoms with Crippen molar-refractivity contribution in [2.75, 3.05) is 6.54 Å². The van der Waals surface area contributed by atoms with Gasteiger partial charge in [-0.2, -0.15) is 0 Å². The molecule has 0 radical (unpaired) electrons. The van der Waals surface area contributed by atoms with E-state index in [-0.39, 0.29) is 17.6 Å². The Bertz CT molecular complexity index is 427. The number of hydrogen-bond donors (Lipinski definition) is 2. The monoisotopic (exact) mass is 279 g/mol. The summed E-state index contributed by atoms with van der Waals surface area (Å²) in [6, 6.07) is 4.11. The second-order valence-electron chi connectivity index (χ2n) is 6.13. The molecule has 1 unspecified atom stereocenters. The number of nitrogens with one attached hydrogen (secondary N) is 1. The van der Waals surface area contributed by atoms with E-state index < -0.39 is 0 Å². The predicted molar refractivity (Wildman–Crippen MR) is 80.2 cm³/mol. The van der Waals surface area contributed by atoms with Gasteiger partial charge in [0.25, 0.3) is 0 Å². The molecule has 1 aromatic rings. The molecule has 2 N–H and O–H groups in total. The van der Waals surface area contributed by atoms with Crippen molar-refractivity contribution in [3.63, 3.8) is 0 Å². The molecule has 2 nitrogen and oxygen atoms in total. The lowest BCUT2D eigenvalue weighted by molar-refractivity contribution is 0.257. The molecular weight excluding hydrogens is 253 g/mol. The van der Waals surface area contributed by atoms with Gasteiger partial charge in [0.2, 0.25) is 0 Å². The summed E-state index contributed by atoms with van der Waals surface area (Å²) in [6.07, 6.45) is 6.54. The Balaban J connectivity index is 1.83. The first-order valence-corrected chi connectivity index (χ1v) is 7.82. The molecule has 0 aromatic heterocycles. The van der Waals surface area contributed by atoms with Crippen molar-refractivity contribution in [2.45, 2.75) is 52.0 Å². The normalized spacial score (nSPS) is 24.6. The van der Waals surface area contributed by atoms with E-state index in [2.05, 4.69) is 12.2 Å². The van der Waals surface area contributed by atoms with E-state index in [4.69, 9.17) is 0 Å². The maximum Gasteiger partial charge on any atom is 0.123 e. The van der Waals surface area contributed by atoms with Crippen molar-refractivity contribution < 1.29 is 9.50 Å². The maximum atomic E-state index is 13.2. The summed E-state index contributed by atoms with van der Waals surface area (Å²) in [5, 5.41) is 13.2. The van der Waals surface area contributed by atoms with Crippen molar-refractivity contribution >= 4 is 0 Å². The molecule has 2 rings (SSSR count). The minimum Gasteiger partial charge on any atom is -0.508 e. The fourth-order valence-corrected chi connectivity index (χ4v) is 3.17. The number of rotatable bonds is 5. The van der Waals surface area contributed by atoms with Crippen LogP contribution in [0.25, 0.3) is 0 Å². The molecule has 0 aliphatic heterocycles. The number of phenols is 1. The van der Waals surface area contributed by atoms with Gasteiger partial charge in [-0.1, -0.05) is 26.2 Å². The summed E-state index contributed by atoms with van der Waals surface area (Å²) in [5.41, 5.74) is 0.646. The van der Waals surface area contributed by atoms with Crippen LogP contribution in [0.3, 0.4) is 0 Å². The summed E-state index contributed by atoms with van der Waals surface area (Å²) in [7, 11) is 0. The lowest BCUT2D eigenvalue weighted by Gasteiger charge is -2.29. The van der Waals surface area contributed by atoms with Gasteiger partial charge in [0.15, 0.2) is 0 Å². The van der Waals surface area contributed by atoms with E-state index in [1.165, 1.54) is 50.3 Å². The Morgan fingerprint density at radius 3 is 2.55 bits per heavy atom. The molecule has 1 atom stereocenters. The minimum atomic E-state index is -0.296. The summed E-state index contributed by atoms with van der Waals surface area (Å²) in [4.78, 5) is 0. The van der Waals surface area contributed by atoms with E-state index in [0.717, 1.165) is 18.4 Å². The van der Waals surface area contributed by atoms with Gasteiger partial charge < -0.3 is 10.4 Å². The Morgan fingerprint density at radius 2 is 1.90 bits per heavy atom. The van der Waals surface area contributed by atoms with Gasteiger partial charge in [-0.25, -0.2) is 4.39 Å². The highest BCUT2D eigenvalue weighted by Crippen LogP contribution is 2.31. The standard InChI is InChI=1S/C17H26FNO/c1-3-13-4-6-14(7-5-13)11-19-12(2)16-10-15(18)8-9-17(16)20/h8-10,12-14,19-20H,3-7,11H2,1-2H3. The molecule has 0 amide bonds. The molecule has 112 valence electrons. The van der Waals surface area contributed by atoms with Gasteiger partial charge >= 0.3 is 0 Å². The van der Waals surface area contributed by atoms with Crippen molar-refractivity contribution in [1.29, 1.82) is 0 Å². The summed E-state index contributed by atoms with van der Waals surface area (Å²) in [5.74, 6) is 1.50. The Kier molecular flexibility index (Phi) is 5.41. The average molecular weight is 279 g/mol. The van der Waals surface area contributed by atoms with E-state index >= 15 is 0 Å². The van der Waals surface area contributed by atoms with Crippen LogP contribution in [0.1, 0.15) is 57.6 Å². The van der Waals surface area contributed by atoms with Crippen LogP contribution < -0.4 is 5.32 Å². The van der Waals surface area contributed by atoms with E-state index in [9.17, 15) is 9.50 Å². The number of hydrogen-bond acceptors (Lipinski definition) is 2. The zero-order valence-electron chi connectivity index (χ0n) is 12.5. The van der Waals surface area contributed by atoms with Crippen LogP contribution in [0.15, 0.2) is 18.2 Å². The number of benzene rings is 1. The van der Waals surface area contributed by atoms with Gasteiger partial charge in [0.05, 0.1) is 0 Å². The van der Waals surface area contributed by atoms with Crippen molar-refractivity contribution in [2.24, 2.45) is 11.8 Å². The summed E-state index contributed by atoms with van der Waals surface area (Å²) >= 11 is 0. The molecule has 20 heavy (non-hydrogen) atoms. The van der Waals surface area contributed by atoms with Crippen LogP contribution in [0, 0.1) is 17.7 Å². The fraction of sp³-hybridized carbons (Fsp3) is 0.647. The Hall–Kier alpha value is -1.09. The second-order valence-corrected chi connectivity index (χ2v) is 6.13. The zero-order chi connectivity index (χ0) is 14.5. The third-order valence-electron chi connectivity index (χ3n) is 4.71. The molecule has 0 heterocycles. The predicted octanol–water partition coefficient (Wildman–Crippen LogP) is 4.40. The SMILES string of the molecule is CCC1CCC(CNC(C)c2cc(F)ccc2O)CC1. The molecule has 1 fully saturated rings. The average Bonchev–Trinajstić information content (AvgIpc) is 2.47. The smallest absolute Gasteiger partial charge is 0.123 e. The van der Waals surface area contributed by atoms with Crippen molar-refractivity contribution in [3.8, 4) is 5.75 Å². The molecule has 1 aliphatic rings.